The van der Waals surface area contributed by atoms with Crippen LogP contribution >= 0.6 is 0 Å². The van der Waals surface area contributed by atoms with E-state index in [1.807, 2.05) is 12.1 Å². The van der Waals surface area contributed by atoms with E-state index in [1.165, 1.54) is 6.20 Å². The molecule has 0 radical (unpaired) electrons. The quantitative estimate of drug-likeness (QED) is 0.886. The van der Waals surface area contributed by atoms with Gasteiger partial charge in [-0.1, -0.05) is 25.5 Å². The number of sulfonamides is 1. The van der Waals surface area contributed by atoms with E-state index >= 15 is 0 Å². The summed E-state index contributed by atoms with van der Waals surface area (Å²) in [5.74, 6) is 0.344. The van der Waals surface area contributed by atoms with Gasteiger partial charge in [-0.3, -0.25) is 4.72 Å². The number of nitrogens with zero attached hydrogens (tertiary/aromatic N) is 1. The molecule has 0 spiro atoms. The van der Waals surface area contributed by atoms with Crippen LogP contribution in [0.4, 0.5) is 11.5 Å². The molecule has 0 bridgehead atoms. The molecule has 0 aliphatic carbocycles. The molecule has 2 rings (SSSR count). The largest absolute Gasteiger partial charge is 0.384 e. The van der Waals surface area contributed by atoms with E-state index in [-0.39, 0.29) is 4.90 Å². The van der Waals surface area contributed by atoms with Gasteiger partial charge < -0.3 is 5.73 Å². The van der Waals surface area contributed by atoms with Crippen LogP contribution in [0.15, 0.2) is 47.5 Å². The second-order valence-electron chi connectivity index (χ2n) is 4.47. The van der Waals surface area contributed by atoms with Crippen molar-refractivity contribution in [2.24, 2.45) is 0 Å². The summed E-state index contributed by atoms with van der Waals surface area (Å²) in [4.78, 5) is 4.08. The number of hydrogen-bond donors (Lipinski definition) is 2. The molecule has 1 aromatic heterocycles. The van der Waals surface area contributed by atoms with E-state index in [2.05, 4.69) is 16.6 Å². The third-order valence-electron chi connectivity index (χ3n) is 2.81. The van der Waals surface area contributed by atoms with Crippen molar-refractivity contribution in [3.8, 4) is 0 Å². The molecule has 0 atom stereocenters. The molecular weight excluding hydrogens is 274 g/mol. The smallest absolute Gasteiger partial charge is 0.261 e. The molecule has 0 aliphatic rings. The van der Waals surface area contributed by atoms with Gasteiger partial charge in [-0.05, 0) is 36.2 Å². The van der Waals surface area contributed by atoms with Crippen LogP contribution in [0.2, 0.25) is 0 Å². The van der Waals surface area contributed by atoms with Gasteiger partial charge in [0.15, 0.2) is 0 Å². The van der Waals surface area contributed by atoms with Gasteiger partial charge in [0, 0.05) is 0 Å². The average Bonchev–Trinajstić information content (AvgIpc) is 2.42. The summed E-state index contributed by atoms with van der Waals surface area (Å²) in [5, 5.41) is 0. The van der Waals surface area contributed by atoms with Crippen molar-refractivity contribution in [2.45, 2.75) is 24.7 Å². The zero-order chi connectivity index (χ0) is 14.6. The van der Waals surface area contributed by atoms with Crippen molar-refractivity contribution in [2.75, 3.05) is 10.5 Å². The van der Waals surface area contributed by atoms with E-state index in [4.69, 9.17) is 5.73 Å². The fraction of sp³-hybridized carbons (Fsp3) is 0.214. The molecule has 0 saturated carbocycles. The molecule has 5 nitrogen and oxygen atoms in total. The van der Waals surface area contributed by atoms with Gasteiger partial charge in [0.05, 0.1) is 16.8 Å². The van der Waals surface area contributed by atoms with Gasteiger partial charge in [0.1, 0.15) is 5.82 Å². The number of hydrogen-bond acceptors (Lipinski definition) is 4. The number of aromatic nitrogens is 1. The maximum atomic E-state index is 12.2. The lowest BCUT2D eigenvalue weighted by atomic mass is 10.1. The second kappa shape index (κ2) is 5.92. The van der Waals surface area contributed by atoms with Crippen LogP contribution in [-0.2, 0) is 16.4 Å². The highest BCUT2D eigenvalue weighted by atomic mass is 32.2. The summed E-state index contributed by atoms with van der Waals surface area (Å²) in [7, 11) is -3.59. The zero-order valence-corrected chi connectivity index (χ0v) is 12.0. The van der Waals surface area contributed by atoms with E-state index in [9.17, 15) is 8.42 Å². The molecule has 0 saturated heterocycles. The number of nitrogens with two attached hydrogens (primary N) is 1. The highest BCUT2D eigenvalue weighted by Gasteiger charge is 2.13. The minimum atomic E-state index is -3.59. The normalized spacial score (nSPS) is 11.2. The van der Waals surface area contributed by atoms with Gasteiger partial charge >= 0.3 is 0 Å². The summed E-state index contributed by atoms with van der Waals surface area (Å²) in [5.41, 5.74) is 6.97. The zero-order valence-electron chi connectivity index (χ0n) is 11.2. The van der Waals surface area contributed by atoms with Crippen LogP contribution in [0.5, 0.6) is 0 Å². The number of rotatable bonds is 5. The van der Waals surface area contributed by atoms with Crippen LogP contribution in [0.1, 0.15) is 18.9 Å². The van der Waals surface area contributed by atoms with Gasteiger partial charge in [0.2, 0.25) is 0 Å². The van der Waals surface area contributed by atoms with Crippen molar-refractivity contribution in [3.05, 3.63) is 48.2 Å². The van der Waals surface area contributed by atoms with E-state index < -0.39 is 10.0 Å². The molecule has 0 fully saturated rings. The molecule has 106 valence electrons. The Morgan fingerprint density at radius 1 is 1.15 bits per heavy atom. The molecular formula is C14H17N3O2S. The molecule has 0 amide bonds. The van der Waals surface area contributed by atoms with E-state index in [1.54, 1.807) is 24.3 Å². The Morgan fingerprint density at radius 2 is 1.85 bits per heavy atom. The summed E-state index contributed by atoms with van der Waals surface area (Å²) < 4.78 is 26.8. The van der Waals surface area contributed by atoms with Crippen molar-refractivity contribution in [1.82, 2.24) is 4.98 Å². The Hall–Kier alpha value is -2.08. The first-order chi connectivity index (χ1) is 9.51. The minimum Gasteiger partial charge on any atom is -0.384 e. The predicted octanol–water partition coefficient (Wildman–Crippen LogP) is 2.42. The molecule has 20 heavy (non-hydrogen) atoms. The van der Waals surface area contributed by atoms with Gasteiger partial charge in [-0.15, -0.1) is 0 Å². The van der Waals surface area contributed by atoms with Crippen molar-refractivity contribution in [3.63, 3.8) is 0 Å². The third-order valence-corrected chi connectivity index (χ3v) is 4.21. The predicted molar refractivity (Wildman–Crippen MR) is 79.9 cm³/mol. The van der Waals surface area contributed by atoms with Crippen LogP contribution in [0.25, 0.3) is 0 Å². The number of anilines is 2. The Bertz CT molecular complexity index is 665. The summed E-state index contributed by atoms with van der Waals surface area (Å²) >= 11 is 0. The Kier molecular flexibility index (Phi) is 4.24. The lowest BCUT2D eigenvalue weighted by Crippen LogP contribution is -2.13. The van der Waals surface area contributed by atoms with Crippen molar-refractivity contribution in [1.29, 1.82) is 0 Å². The fourth-order valence-corrected chi connectivity index (χ4v) is 2.85. The minimum absolute atomic E-state index is 0.231. The number of benzene rings is 1. The van der Waals surface area contributed by atoms with Gasteiger partial charge in [0.25, 0.3) is 10.0 Å². The molecule has 1 heterocycles. The van der Waals surface area contributed by atoms with Crippen LogP contribution < -0.4 is 10.5 Å². The Labute approximate surface area is 118 Å². The lowest BCUT2D eigenvalue weighted by molar-refractivity contribution is 0.601. The average molecular weight is 291 g/mol. The van der Waals surface area contributed by atoms with E-state index in [0.29, 0.717) is 11.5 Å². The first kappa shape index (κ1) is 14.3. The molecule has 1 aromatic carbocycles. The highest BCUT2D eigenvalue weighted by Crippen LogP contribution is 2.17. The molecule has 3 N–H and O–H groups in total. The Morgan fingerprint density at radius 3 is 2.40 bits per heavy atom. The highest BCUT2D eigenvalue weighted by molar-refractivity contribution is 7.92. The summed E-state index contributed by atoms with van der Waals surface area (Å²) in [6.45, 7) is 2.08. The number of aryl methyl sites for hydroxylation is 1. The van der Waals surface area contributed by atoms with Crippen molar-refractivity contribution >= 4 is 21.5 Å². The second-order valence-corrected chi connectivity index (χ2v) is 6.15. The maximum Gasteiger partial charge on any atom is 0.261 e. The topological polar surface area (TPSA) is 85.1 Å². The van der Waals surface area contributed by atoms with E-state index in [0.717, 1.165) is 18.4 Å². The molecule has 0 aliphatic heterocycles. The number of nitrogens with one attached hydrogen (secondary N) is 1. The number of pyridine rings is 1. The fourth-order valence-electron chi connectivity index (χ4n) is 1.80. The standard InChI is InChI=1S/C14H17N3O2S/c1-2-3-11-4-7-13(8-5-11)20(18,19)17-12-6-9-14(15)16-10-12/h4-10,17H,2-3H2,1H3,(H2,15,16). The molecule has 6 heteroatoms. The van der Waals surface area contributed by atoms with Crippen LogP contribution in [0, 0.1) is 0 Å². The number of nitrogen functional groups attached to an aromatic ring is 1. The first-order valence-electron chi connectivity index (χ1n) is 6.34. The van der Waals surface area contributed by atoms with Crippen LogP contribution in [0.3, 0.4) is 0 Å². The maximum absolute atomic E-state index is 12.2. The van der Waals surface area contributed by atoms with Gasteiger partial charge in [-0.25, -0.2) is 13.4 Å². The van der Waals surface area contributed by atoms with Crippen LogP contribution in [-0.4, -0.2) is 13.4 Å². The third kappa shape index (κ3) is 3.48. The summed E-state index contributed by atoms with van der Waals surface area (Å²) in [6, 6.07) is 10.0. The van der Waals surface area contributed by atoms with Crippen molar-refractivity contribution < 1.29 is 8.42 Å². The monoisotopic (exact) mass is 291 g/mol. The lowest BCUT2D eigenvalue weighted by Gasteiger charge is -2.08. The van der Waals surface area contributed by atoms with Gasteiger partial charge in [-0.2, -0.15) is 0 Å². The SMILES string of the molecule is CCCc1ccc(S(=O)(=O)Nc2ccc(N)nc2)cc1. The molecule has 2 aromatic rings. The Balaban J connectivity index is 2.19. The molecule has 0 unspecified atom stereocenters. The summed E-state index contributed by atoms with van der Waals surface area (Å²) in [6.07, 6.45) is 3.36. The first-order valence-corrected chi connectivity index (χ1v) is 7.83.